The second kappa shape index (κ2) is 7.92. The van der Waals surface area contributed by atoms with Crippen molar-refractivity contribution < 1.29 is 0 Å². The zero-order valence-corrected chi connectivity index (χ0v) is 22.6. The molecule has 0 amide bonds. The average Bonchev–Trinajstić information content (AvgIpc) is 2.76. The van der Waals surface area contributed by atoms with Crippen molar-refractivity contribution in [2.45, 2.75) is 102 Å². The van der Waals surface area contributed by atoms with E-state index >= 15 is 0 Å². The van der Waals surface area contributed by atoms with Crippen LogP contribution < -0.4 is 5.19 Å². The molecule has 0 saturated heterocycles. The number of hydrogen-bond donors (Lipinski definition) is 0. The minimum atomic E-state index is -1.56. The lowest BCUT2D eigenvalue weighted by atomic mass is 9.49. The molecule has 1 aromatic rings. The summed E-state index contributed by atoms with van der Waals surface area (Å²) in [7, 11) is -1.56. The van der Waals surface area contributed by atoms with Gasteiger partial charge in [-0.1, -0.05) is 54.7 Å². The van der Waals surface area contributed by atoms with Gasteiger partial charge < -0.3 is 0 Å². The largest absolute Gasteiger partial charge is 0.286 e. The summed E-state index contributed by atoms with van der Waals surface area (Å²) in [6, 6.07) is 12.7. The molecular weight excluding hydrogens is 426 g/mol. The molecule has 8 aliphatic carbocycles. The summed E-state index contributed by atoms with van der Waals surface area (Å²) >= 11 is 0. The van der Waals surface area contributed by atoms with E-state index in [0.29, 0.717) is 11.0 Å². The molecule has 34 heavy (non-hydrogen) atoms. The Labute approximate surface area is 208 Å². The van der Waals surface area contributed by atoms with Crippen molar-refractivity contribution >= 4 is 19.5 Å². The molecule has 8 fully saturated rings. The number of rotatable bonds is 6. The monoisotopic (exact) mass is 471 g/mol. The predicted molar refractivity (Wildman–Crippen MR) is 146 cm³/mol. The van der Waals surface area contributed by atoms with Gasteiger partial charge in [-0.05, 0) is 130 Å². The molecule has 0 heterocycles. The van der Waals surface area contributed by atoms with Crippen molar-refractivity contribution in [2.75, 3.05) is 0 Å². The minimum absolute atomic E-state index is 0.299. The van der Waals surface area contributed by atoms with Gasteiger partial charge in [-0.2, -0.15) is 0 Å². The first-order valence-electron chi connectivity index (χ1n) is 14.7. The summed E-state index contributed by atoms with van der Waals surface area (Å²) in [6.07, 6.45) is 23.1. The number of nitrogens with zero attached hydrogens (tertiary/aromatic N) is 1. The number of hydrogen-bond acceptors (Lipinski definition) is 1. The van der Waals surface area contributed by atoms with Crippen molar-refractivity contribution in [1.82, 2.24) is 0 Å². The van der Waals surface area contributed by atoms with Gasteiger partial charge in [-0.3, -0.25) is 4.99 Å². The van der Waals surface area contributed by atoms with Gasteiger partial charge in [0.15, 0.2) is 0 Å². The molecule has 0 aromatic heterocycles. The topological polar surface area (TPSA) is 12.4 Å². The Hall–Kier alpha value is -1.15. The van der Waals surface area contributed by atoms with Crippen LogP contribution in [0.25, 0.3) is 0 Å². The number of aliphatic imine (C=N–C) groups is 1. The molecule has 9 rings (SSSR count). The highest BCUT2D eigenvalue weighted by atomic mass is 28.3. The lowest BCUT2D eigenvalue weighted by Gasteiger charge is -2.56. The highest BCUT2D eigenvalue weighted by molar-refractivity contribution is 6.90. The van der Waals surface area contributed by atoms with E-state index in [1.54, 1.807) is 10.8 Å². The Kier molecular flexibility index (Phi) is 5.14. The average molecular weight is 472 g/mol. The highest BCUT2D eigenvalue weighted by Gasteiger charge is 2.52. The molecule has 8 bridgehead atoms. The van der Waals surface area contributed by atoms with Crippen LogP contribution in [0.5, 0.6) is 0 Å². The smallest absolute Gasteiger partial charge is 0.0849 e. The van der Waals surface area contributed by atoms with Crippen LogP contribution in [-0.2, 0) is 0 Å². The maximum absolute atomic E-state index is 5.62. The van der Waals surface area contributed by atoms with Crippen LogP contribution in [0.1, 0.15) is 77.0 Å². The fraction of sp³-hybridized carbons (Fsp3) is 0.719. The first-order valence-corrected chi connectivity index (χ1v) is 17.9. The molecule has 1 aromatic carbocycles. The van der Waals surface area contributed by atoms with Gasteiger partial charge in [0.05, 0.1) is 13.6 Å². The summed E-state index contributed by atoms with van der Waals surface area (Å²) in [5.41, 5.74) is 2.42. The molecule has 0 spiro atoms. The van der Waals surface area contributed by atoms with E-state index < -0.39 is 8.07 Å². The van der Waals surface area contributed by atoms with Gasteiger partial charge in [0, 0.05) is 6.21 Å². The van der Waals surface area contributed by atoms with E-state index in [1.807, 2.05) is 0 Å². The predicted octanol–water partition coefficient (Wildman–Crippen LogP) is 7.78. The minimum Gasteiger partial charge on any atom is -0.286 e. The van der Waals surface area contributed by atoms with E-state index in [-0.39, 0.29) is 0 Å². The first kappa shape index (κ1) is 22.1. The van der Waals surface area contributed by atoms with Crippen molar-refractivity contribution in [2.24, 2.45) is 45.9 Å². The van der Waals surface area contributed by atoms with Gasteiger partial charge in [-0.25, -0.2) is 0 Å². The Balaban J connectivity index is 1.21. The molecule has 0 atom stereocenters. The van der Waals surface area contributed by atoms with E-state index in [1.165, 1.54) is 83.1 Å². The Morgan fingerprint density at radius 3 is 1.74 bits per heavy atom. The Morgan fingerprint density at radius 2 is 1.24 bits per heavy atom. The molecule has 0 N–H and O–H groups in total. The molecule has 0 unspecified atom stereocenters. The quantitative estimate of drug-likeness (QED) is 0.297. The zero-order valence-electron chi connectivity index (χ0n) is 21.6. The molecule has 2 heteroatoms. The third kappa shape index (κ3) is 4.00. The van der Waals surface area contributed by atoms with Crippen LogP contribution >= 0.6 is 0 Å². The van der Waals surface area contributed by atoms with Crippen LogP contribution in [0.4, 0.5) is 0 Å². The summed E-state index contributed by atoms with van der Waals surface area (Å²) in [6.45, 7) is 5.18. The second-order valence-electron chi connectivity index (χ2n) is 14.8. The fourth-order valence-electron chi connectivity index (χ4n) is 10.8. The second-order valence-corrected chi connectivity index (χ2v) is 19.5. The first-order chi connectivity index (χ1) is 16.4. The van der Waals surface area contributed by atoms with E-state index in [4.69, 9.17) is 4.99 Å². The van der Waals surface area contributed by atoms with E-state index in [9.17, 15) is 0 Å². The standard InChI is InChI=1S/C32H45NSi/c1-34(2,30-6-4-3-5-7-30)22-29(17-31-14-23-8-24(15-31)10-25(9-23)16-31)21-33-32-18-26-11-27(19-32)13-28(12-26)20-32/h3-7,17,21,23-28H,8-16,18-20,22H2,1-2H3/b29-17-,33-21?. The van der Waals surface area contributed by atoms with Gasteiger partial charge in [0.1, 0.15) is 0 Å². The maximum Gasteiger partial charge on any atom is 0.0849 e. The van der Waals surface area contributed by atoms with Crippen LogP contribution in [-0.4, -0.2) is 19.8 Å². The van der Waals surface area contributed by atoms with Crippen LogP contribution in [0.2, 0.25) is 19.1 Å². The lowest BCUT2D eigenvalue weighted by Crippen LogP contribution is -2.49. The number of benzene rings is 1. The van der Waals surface area contributed by atoms with Crippen molar-refractivity contribution in [1.29, 1.82) is 0 Å². The van der Waals surface area contributed by atoms with Crippen LogP contribution in [0.15, 0.2) is 47.0 Å². The number of allylic oxidation sites excluding steroid dienone is 2. The Morgan fingerprint density at radius 1 is 0.765 bits per heavy atom. The normalized spacial score (nSPS) is 44.9. The van der Waals surface area contributed by atoms with Crippen molar-refractivity contribution in [3.8, 4) is 0 Å². The third-order valence-corrected chi connectivity index (χ3v) is 14.5. The molecule has 8 saturated carbocycles. The Bertz CT molecular complexity index is 915. The molecular formula is C32H45NSi. The molecule has 1 nitrogen and oxygen atoms in total. The van der Waals surface area contributed by atoms with E-state index in [0.717, 1.165) is 35.5 Å². The van der Waals surface area contributed by atoms with Gasteiger partial charge in [-0.15, -0.1) is 0 Å². The van der Waals surface area contributed by atoms with Crippen LogP contribution in [0.3, 0.4) is 0 Å². The summed E-state index contributed by atoms with van der Waals surface area (Å²) in [5, 5.41) is 1.61. The van der Waals surface area contributed by atoms with Gasteiger partial charge in [0.25, 0.3) is 0 Å². The van der Waals surface area contributed by atoms with Gasteiger partial charge >= 0.3 is 0 Å². The fourth-order valence-corrected chi connectivity index (χ4v) is 13.3. The molecule has 0 radical (unpaired) electrons. The summed E-state index contributed by atoms with van der Waals surface area (Å²) in [4.78, 5) is 5.62. The van der Waals surface area contributed by atoms with Crippen molar-refractivity contribution in [3.63, 3.8) is 0 Å². The van der Waals surface area contributed by atoms with Gasteiger partial charge in [0.2, 0.25) is 0 Å². The van der Waals surface area contributed by atoms with E-state index in [2.05, 4.69) is 55.7 Å². The lowest BCUT2D eigenvalue weighted by molar-refractivity contribution is -0.0239. The van der Waals surface area contributed by atoms with Crippen LogP contribution in [0, 0.1) is 40.9 Å². The molecule has 0 aliphatic heterocycles. The zero-order chi connectivity index (χ0) is 23.0. The SMILES string of the molecule is C[Si](C)(C/C(C=NC12CC3CC(CC(C3)C1)C2)=C\C12CC3CC(CC(C3)C1)C2)c1ccccc1. The molecule has 8 aliphatic rings. The molecule has 182 valence electrons. The van der Waals surface area contributed by atoms with Crippen molar-refractivity contribution in [3.05, 3.63) is 42.0 Å². The third-order valence-electron chi connectivity index (χ3n) is 11.3. The maximum atomic E-state index is 5.62. The summed E-state index contributed by atoms with van der Waals surface area (Å²) in [5.74, 6) is 5.99. The summed E-state index contributed by atoms with van der Waals surface area (Å²) < 4.78 is 0. The highest BCUT2D eigenvalue weighted by Crippen LogP contribution is 2.61.